The number of phenolic OH excluding ortho intramolecular Hbond substituents is 1. The molecule has 1 saturated carbocycles. The van der Waals surface area contributed by atoms with Crippen molar-refractivity contribution in [3.05, 3.63) is 71.8 Å². The van der Waals surface area contributed by atoms with Crippen LogP contribution >= 0.6 is 0 Å². The van der Waals surface area contributed by atoms with Gasteiger partial charge in [0.05, 0.1) is 0 Å². The number of alkyl halides is 1. The van der Waals surface area contributed by atoms with Crippen molar-refractivity contribution in [1.82, 2.24) is 0 Å². The van der Waals surface area contributed by atoms with Crippen molar-refractivity contribution in [2.45, 2.75) is 78.2 Å². The first-order valence-corrected chi connectivity index (χ1v) is 11.7. The van der Waals surface area contributed by atoms with Crippen molar-refractivity contribution < 1.29 is 19.0 Å². The average molecular weight is 443 g/mol. The van der Waals surface area contributed by atoms with Gasteiger partial charge in [-0.15, -0.1) is 0 Å². The number of methoxy groups -OCH3 is 1. The molecule has 0 heterocycles. The highest BCUT2D eigenvalue weighted by Crippen LogP contribution is 2.45. The Morgan fingerprint density at radius 2 is 1.75 bits per heavy atom. The standard InChI is InChI=1S/C19H28O2.C9H11FO/c1-5-19(12-6-7-16(3)13-19)14-18(20-4)21-17-10-8-15(2)9-11-17;1-2-9(10)7-3-5-8(11)6-4-7/h8-11,18H,3,5-7,12-14H2,1-2,4H3;3-6,9,11H,2H2,1H3. The van der Waals surface area contributed by atoms with Gasteiger partial charge in [-0.05, 0) is 80.7 Å². The van der Waals surface area contributed by atoms with Crippen LogP contribution in [-0.2, 0) is 4.74 Å². The summed E-state index contributed by atoms with van der Waals surface area (Å²) in [4.78, 5) is 0. The minimum Gasteiger partial charge on any atom is -0.508 e. The molecule has 0 bridgehead atoms. The number of benzene rings is 2. The molecule has 3 unspecified atom stereocenters. The third-order valence-corrected chi connectivity index (χ3v) is 6.38. The minimum atomic E-state index is -0.907. The van der Waals surface area contributed by atoms with Crippen LogP contribution in [0.1, 0.15) is 76.1 Å². The second-order valence-electron chi connectivity index (χ2n) is 8.90. The van der Waals surface area contributed by atoms with Crippen LogP contribution in [0.3, 0.4) is 0 Å². The highest BCUT2D eigenvalue weighted by atomic mass is 19.1. The van der Waals surface area contributed by atoms with Gasteiger partial charge in [0.25, 0.3) is 0 Å². The van der Waals surface area contributed by atoms with Crippen LogP contribution in [0.25, 0.3) is 0 Å². The topological polar surface area (TPSA) is 38.7 Å². The first kappa shape index (κ1) is 25.9. The van der Waals surface area contributed by atoms with E-state index in [1.165, 1.54) is 42.5 Å². The Kier molecular flexibility index (Phi) is 10.2. The summed E-state index contributed by atoms with van der Waals surface area (Å²) in [7, 11) is 1.74. The molecule has 1 aliphatic carbocycles. The quantitative estimate of drug-likeness (QED) is 0.332. The van der Waals surface area contributed by atoms with Crippen molar-refractivity contribution in [2.75, 3.05) is 7.11 Å². The summed E-state index contributed by atoms with van der Waals surface area (Å²) in [5.74, 6) is 1.06. The van der Waals surface area contributed by atoms with Crippen LogP contribution in [0.15, 0.2) is 60.7 Å². The highest BCUT2D eigenvalue weighted by molar-refractivity contribution is 5.27. The lowest BCUT2D eigenvalue weighted by Gasteiger charge is -2.39. The van der Waals surface area contributed by atoms with Crippen LogP contribution in [0.4, 0.5) is 4.39 Å². The molecule has 1 N–H and O–H groups in total. The van der Waals surface area contributed by atoms with Crippen LogP contribution in [0, 0.1) is 12.3 Å². The molecule has 0 aromatic heterocycles. The van der Waals surface area contributed by atoms with Crippen LogP contribution in [0.2, 0.25) is 0 Å². The number of hydrogen-bond donors (Lipinski definition) is 1. The van der Waals surface area contributed by atoms with Crippen molar-refractivity contribution in [3.8, 4) is 11.5 Å². The largest absolute Gasteiger partial charge is 0.508 e. The number of allylic oxidation sites excluding steroid dienone is 1. The summed E-state index contributed by atoms with van der Waals surface area (Å²) < 4.78 is 24.5. The summed E-state index contributed by atoms with van der Waals surface area (Å²) in [5, 5.41) is 8.89. The van der Waals surface area contributed by atoms with Crippen molar-refractivity contribution >= 4 is 0 Å². The van der Waals surface area contributed by atoms with Gasteiger partial charge in [0.15, 0.2) is 6.29 Å². The lowest BCUT2D eigenvalue weighted by molar-refractivity contribution is -0.0865. The molecule has 0 radical (unpaired) electrons. The van der Waals surface area contributed by atoms with E-state index in [0.717, 1.165) is 25.0 Å². The Morgan fingerprint density at radius 1 is 1.09 bits per heavy atom. The molecule has 0 saturated heterocycles. The summed E-state index contributed by atoms with van der Waals surface area (Å²) >= 11 is 0. The number of ether oxygens (including phenoxy) is 2. The van der Waals surface area contributed by atoms with E-state index in [1.54, 1.807) is 26.2 Å². The second kappa shape index (κ2) is 12.6. The van der Waals surface area contributed by atoms with Gasteiger partial charge >= 0.3 is 0 Å². The predicted octanol–water partition coefficient (Wildman–Crippen LogP) is 8.08. The molecule has 4 heteroatoms. The molecule has 32 heavy (non-hydrogen) atoms. The molecule has 0 aliphatic heterocycles. The molecule has 3 atom stereocenters. The molecular weight excluding hydrogens is 403 g/mol. The smallest absolute Gasteiger partial charge is 0.200 e. The molecular formula is C28H39FO3. The van der Waals surface area contributed by atoms with E-state index in [1.807, 2.05) is 12.1 Å². The molecule has 1 aliphatic rings. The van der Waals surface area contributed by atoms with Gasteiger partial charge < -0.3 is 14.6 Å². The average Bonchev–Trinajstić information content (AvgIpc) is 2.80. The minimum absolute atomic E-state index is 0.178. The molecule has 3 rings (SSSR count). The van der Waals surface area contributed by atoms with E-state index in [2.05, 4.69) is 32.6 Å². The van der Waals surface area contributed by atoms with E-state index >= 15 is 0 Å². The van der Waals surface area contributed by atoms with Gasteiger partial charge in [0.2, 0.25) is 0 Å². The van der Waals surface area contributed by atoms with Gasteiger partial charge in [-0.25, -0.2) is 4.39 Å². The fraction of sp³-hybridized carbons (Fsp3) is 0.500. The lowest BCUT2D eigenvalue weighted by atomic mass is 9.68. The van der Waals surface area contributed by atoms with E-state index in [9.17, 15) is 4.39 Å². The predicted molar refractivity (Wildman–Crippen MR) is 130 cm³/mol. The SMILES string of the molecule is C=C1CCCC(CC)(CC(OC)Oc2ccc(C)cc2)C1.CCC(F)c1ccc(O)cc1. The molecule has 176 valence electrons. The van der Waals surface area contributed by atoms with Crippen LogP contribution in [-0.4, -0.2) is 18.5 Å². The Morgan fingerprint density at radius 3 is 2.28 bits per heavy atom. The van der Waals surface area contributed by atoms with Gasteiger partial charge in [-0.2, -0.15) is 0 Å². The maximum absolute atomic E-state index is 12.9. The Hall–Kier alpha value is -2.33. The maximum atomic E-state index is 12.9. The first-order valence-electron chi connectivity index (χ1n) is 11.7. The maximum Gasteiger partial charge on any atom is 0.200 e. The molecule has 2 aromatic carbocycles. The summed E-state index contributed by atoms with van der Waals surface area (Å²) in [6, 6.07) is 14.4. The molecule has 1 fully saturated rings. The lowest BCUT2D eigenvalue weighted by Crippen LogP contribution is -2.33. The van der Waals surface area contributed by atoms with Gasteiger partial charge in [0.1, 0.15) is 17.7 Å². The van der Waals surface area contributed by atoms with Crippen LogP contribution < -0.4 is 4.74 Å². The van der Waals surface area contributed by atoms with E-state index in [4.69, 9.17) is 14.6 Å². The van der Waals surface area contributed by atoms with E-state index < -0.39 is 6.17 Å². The first-order chi connectivity index (χ1) is 15.3. The van der Waals surface area contributed by atoms with Crippen molar-refractivity contribution in [1.29, 1.82) is 0 Å². The number of phenols is 1. The van der Waals surface area contributed by atoms with Crippen molar-refractivity contribution in [2.24, 2.45) is 5.41 Å². The van der Waals surface area contributed by atoms with Gasteiger partial charge in [0, 0.05) is 13.5 Å². The van der Waals surface area contributed by atoms with Gasteiger partial charge in [-0.3, -0.25) is 0 Å². The Labute approximate surface area is 193 Å². The Bertz CT molecular complexity index is 816. The number of halogens is 1. The molecule has 3 nitrogen and oxygen atoms in total. The summed E-state index contributed by atoms with van der Waals surface area (Å²) in [5.41, 5.74) is 3.55. The fourth-order valence-electron chi connectivity index (χ4n) is 4.25. The number of hydrogen-bond acceptors (Lipinski definition) is 3. The zero-order valence-electron chi connectivity index (χ0n) is 20.1. The number of rotatable bonds is 8. The molecule has 0 spiro atoms. The van der Waals surface area contributed by atoms with Crippen molar-refractivity contribution in [3.63, 3.8) is 0 Å². The zero-order valence-corrected chi connectivity index (χ0v) is 20.1. The zero-order chi connectivity index (χ0) is 23.6. The molecule has 0 amide bonds. The van der Waals surface area contributed by atoms with Crippen LogP contribution in [0.5, 0.6) is 11.5 Å². The van der Waals surface area contributed by atoms with E-state index in [0.29, 0.717) is 17.4 Å². The number of aromatic hydroxyl groups is 1. The monoisotopic (exact) mass is 442 g/mol. The molecule has 2 aromatic rings. The third-order valence-electron chi connectivity index (χ3n) is 6.38. The van der Waals surface area contributed by atoms with Gasteiger partial charge in [-0.1, -0.05) is 55.8 Å². The summed E-state index contributed by atoms with van der Waals surface area (Å²) in [6.45, 7) is 10.3. The highest BCUT2D eigenvalue weighted by Gasteiger charge is 2.35. The fourth-order valence-corrected chi connectivity index (χ4v) is 4.25. The van der Waals surface area contributed by atoms with E-state index in [-0.39, 0.29) is 12.0 Å². The second-order valence-corrected chi connectivity index (χ2v) is 8.90. The third kappa shape index (κ3) is 7.98. The Balaban J connectivity index is 0.000000278. The summed E-state index contributed by atoms with van der Waals surface area (Å²) in [6.07, 6.45) is 6.27. The normalized spacial score (nSPS) is 20.1. The number of aryl methyl sites for hydroxylation is 1.